The van der Waals surface area contributed by atoms with E-state index in [4.69, 9.17) is 4.74 Å². The quantitative estimate of drug-likeness (QED) is 0.516. The first kappa shape index (κ1) is 20.6. The maximum Gasteiger partial charge on any atom is 0.275 e. The molecule has 7 nitrogen and oxygen atoms in total. The second-order valence-corrected chi connectivity index (χ2v) is 7.96. The number of hydrogen-bond acceptors (Lipinski definition) is 5. The summed E-state index contributed by atoms with van der Waals surface area (Å²) in [5.74, 6) is 0.204. The van der Waals surface area contributed by atoms with Crippen molar-refractivity contribution in [1.82, 2.24) is 14.9 Å². The molecule has 1 N–H and O–H groups in total. The van der Waals surface area contributed by atoms with Gasteiger partial charge in [0.05, 0.1) is 17.2 Å². The highest BCUT2D eigenvalue weighted by Crippen LogP contribution is 2.29. The predicted molar refractivity (Wildman–Crippen MR) is 125 cm³/mol. The van der Waals surface area contributed by atoms with Crippen molar-refractivity contribution in [1.29, 1.82) is 0 Å². The number of aromatic nitrogens is 2. The molecule has 0 fully saturated rings. The number of nitrogens with zero attached hydrogens (tertiary/aromatic N) is 3. The van der Waals surface area contributed by atoms with Gasteiger partial charge in [0.25, 0.3) is 11.8 Å². The Morgan fingerprint density at radius 2 is 1.82 bits per heavy atom. The predicted octanol–water partition coefficient (Wildman–Crippen LogP) is 4.19. The zero-order chi connectivity index (χ0) is 22.8. The second-order valence-electron chi connectivity index (χ2n) is 7.96. The smallest absolute Gasteiger partial charge is 0.275 e. The van der Waals surface area contributed by atoms with Gasteiger partial charge in [-0.25, -0.2) is 4.98 Å². The van der Waals surface area contributed by atoms with Gasteiger partial charge in [-0.2, -0.15) is 0 Å². The molecule has 3 aromatic carbocycles. The molecule has 7 heteroatoms. The van der Waals surface area contributed by atoms with Crippen LogP contribution in [0.25, 0.3) is 11.0 Å². The molecular weight excluding hydrogens is 416 g/mol. The van der Waals surface area contributed by atoms with Gasteiger partial charge in [0.1, 0.15) is 11.4 Å². The third-order valence-electron chi connectivity index (χ3n) is 5.54. The van der Waals surface area contributed by atoms with Crippen LogP contribution in [0.2, 0.25) is 0 Å². The number of anilines is 1. The first-order valence-electron chi connectivity index (χ1n) is 10.7. The molecule has 0 saturated carbocycles. The van der Waals surface area contributed by atoms with E-state index < -0.39 is 6.10 Å². The molecule has 1 aromatic heterocycles. The van der Waals surface area contributed by atoms with E-state index in [0.29, 0.717) is 30.0 Å². The molecule has 2 heterocycles. The molecule has 5 rings (SSSR count). The van der Waals surface area contributed by atoms with Crippen LogP contribution in [0, 0.1) is 0 Å². The lowest BCUT2D eigenvalue weighted by molar-refractivity contribution is -0.138. The van der Waals surface area contributed by atoms with Gasteiger partial charge in [-0.1, -0.05) is 42.5 Å². The fraction of sp³-hybridized carbons (Fsp3) is 0.154. The third-order valence-corrected chi connectivity index (χ3v) is 5.54. The minimum atomic E-state index is -0.594. The van der Waals surface area contributed by atoms with Crippen LogP contribution < -0.4 is 10.1 Å². The van der Waals surface area contributed by atoms with Crippen LogP contribution in [0.15, 0.2) is 79.0 Å². The number of fused-ring (bicyclic) bond motifs is 2. The number of carbonyl (C=O) groups excluding carboxylic acids is 2. The number of nitrogens with one attached hydrogen (secondary N) is 1. The summed E-state index contributed by atoms with van der Waals surface area (Å²) in [6, 6.07) is 22.6. The molecule has 0 aliphatic carbocycles. The van der Waals surface area contributed by atoms with Gasteiger partial charge in [0, 0.05) is 24.3 Å². The van der Waals surface area contributed by atoms with Gasteiger partial charge in [-0.05, 0) is 42.8 Å². The maximum atomic E-state index is 12.9. The highest BCUT2D eigenvalue weighted by molar-refractivity contribution is 6.03. The van der Waals surface area contributed by atoms with Gasteiger partial charge in [-0.15, -0.1) is 0 Å². The number of rotatable bonds is 4. The molecule has 1 atom stereocenters. The molecule has 0 spiro atoms. The van der Waals surface area contributed by atoms with Gasteiger partial charge in [-0.3, -0.25) is 14.6 Å². The van der Waals surface area contributed by atoms with E-state index in [1.807, 2.05) is 60.7 Å². The molecule has 2 amide bonds. The molecule has 0 bridgehead atoms. The average molecular weight is 438 g/mol. The number of benzene rings is 3. The van der Waals surface area contributed by atoms with E-state index in [0.717, 1.165) is 16.6 Å². The lowest BCUT2D eigenvalue weighted by atomic mass is 10.1. The Labute approximate surface area is 191 Å². The van der Waals surface area contributed by atoms with Gasteiger partial charge in [0.15, 0.2) is 6.10 Å². The minimum Gasteiger partial charge on any atom is -0.481 e. The maximum absolute atomic E-state index is 12.9. The van der Waals surface area contributed by atoms with Crippen LogP contribution in [-0.4, -0.2) is 32.8 Å². The number of ether oxygens (including phenoxy) is 1. The third kappa shape index (κ3) is 4.39. The van der Waals surface area contributed by atoms with Crippen LogP contribution in [0.5, 0.6) is 5.75 Å². The molecule has 1 aliphatic heterocycles. The summed E-state index contributed by atoms with van der Waals surface area (Å²) >= 11 is 0. The number of amides is 2. The molecule has 0 unspecified atom stereocenters. The lowest BCUT2D eigenvalue weighted by Crippen LogP contribution is -2.37. The number of carbonyl (C=O) groups is 2. The molecule has 4 aromatic rings. The van der Waals surface area contributed by atoms with E-state index in [9.17, 15) is 9.59 Å². The molecule has 164 valence electrons. The number of para-hydroxylation sites is 2. The van der Waals surface area contributed by atoms with E-state index in [1.165, 1.54) is 6.20 Å². The Bertz CT molecular complexity index is 1340. The van der Waals surface area contributed by atoms with Crippen LogP contribution in [-0.2, 0) is 17.9 Å². The van der Waals surface area contributed by atoms with Crippen molar-refractivity contribution in [3.63, 3.8) is 0 Å². The normalized spacial score (nSPS) is 15.5. The Morgan fingerprint density at radius 1 is 1.06 bits per heavy atom. The zero-order valence-corrected chi connectivity index (χ0v) is 18.1. The highest BCUT2D eigenvalue weighted by atomic mass is 16.5. The second kappa shape index (κ2) is 8.70. The summed E-state index contributed by atoms with van der Waals surface area (Å²) in [7, 11) is 0. The van der Waals surface area contributed by atoms with Crippen molar-refractivity contribution in [3.8, 4) is 5.75 Å². The van der Waals surface area contributed by atoms with E-state index >= 15 is 0 Å². The number of hydrogen-bond donors (Lipinski definition) is 1. The zero-order valence-electron chi connectivity index (χ0n) is 18.1. The molecular formula is C26H22N4O3. The molecule has 0 saturated heterocycles. The highest BCUT2D eigenvalue weighted by Gasteiger charge is 2.28. The van der Waals surface area contributed by atoms with E-state index in [1.54, 1.807) is 24.0 Å². The minimum absolute atomic E-state index is 0.0768. The summed E-state index contributed by atoms with van der Waals surface area (Å²) in [5.41, 5.74) is 4.08. The Morgan fingerprint density at radius 3 is 2.64 bits per heavy atom. The fourth-order valence-electron chi connectivity index (χ4n) is 3.88. The van der Waals surface area contributed by atoms with Crippen LogP contribution >= 0.6 is 0 Å². The summed E-state index contributed by atoms with van der Waals surface area (Å²) < 4.78 is 5.90. The fourth-order valence-corrected chi connectivity index (χ4v) is 3.88. The van der Waals surface area contributed by atoms with Gasteiger partial charge >= 0.3 is 0 Å². The first-order chi connectivity index (χ1) is 16.1. The van der Waals surface area contributed by atoms with Crippen LogP contribution in [0.3, 0.4) is 0 Å². The topological polar surface area (TPSA) is 84.4 Å². The average Bonchev–Trinajstić information content (AvgIpc) is 2.95. The SMILES string of the molecule is C[C@@H]1Oc2ccc(NC(=O)c3cnc4ccccc4n3)cc2CN(Cc2ccccc2)C1=O. The van der Waals surface area contributed by atoms with E-state index in [-0.39, 0.29) is 17.5 Å². The molecule has 0 radical (unpaired) electrons. The molecule has 33 heavy (non-hydrogen) atoms. The summed E-state index contributed by atoms with van der Waals surface area (Å²) in [6.07, 6.45) is 0.870. The van der Waals surface area contributed by atoms with Crippen molar-refractivity contribution in [2.75, 3.05) is 5.32 Å². The van der Waals surface area contributed by atoms with Gasteiger partial charge in [0.2, 0.25) is 0 Å². The summed E-state index contributed by atoms with van der Waals surface area (Å²) in [6.45, 7) is 2.62. The monoisotopic (exact) mass is 438 g/mol. The lowest BCUT2D eigenvalue weighted by Gasteiger charge is -2.22. The van der Waals surface area contributed by atoms with Gasteiger partial charge < -0.3 is 15.0 Å². The van der Waals surface area contributed by atoms with Crippen molar-refractivity contribution in [3.05, 3.63) is 95.8 Å². The van der Waals surface area contributed by atoms with Crippen LogP contribution in [0.1, 0.15) is 28.5 Å². The Balaban J connectivity index is 1.38. The largest absolute Gasteiger partial charge is 0.481 e. The van der Waals surface area contributed by atoms with Crippen molar-refractivity contribution in [2.24, 2.45) is 0 Å². The van der Waals surface area contributed by atoms with Crippen molar-refractivity contribution >= 4 is 28.5 Å². The summed E-state index contributed by atoms with van der Waals surface area (Å²) in [4.78, 5) is 36.2. The molecule has 1 aliphatic rings. The summed E-state index contributed by atoms with van der Waals surface area (Å²) in [5, 5.41) is 2.88. The van der Waals surface area contributed by atoms with Crippen molar-refractivity contribution in [2.45, 2.75) is 26.1 Å². The van der Waals surface area contributed by atoms with Crippen LogP contribution in [0.4, 0.5) is 5.69 Å². The van der Waals surface area contributed by atoms with Crippen molar-refractivity contribution < 1.29 is 14.3 Å². The first-order valence-corrected chi connectivity index (χ1v) is 10.7. The standard InChI is InChI=1S/C26H22N4O3/c1-17-26(32)30(15-18-7-3-2-4-8-18)16-19-13-20(11-12-24(19)33-17)28-25(31)23-14-27-21-9-5-6-10-22(21)29-23/h2-14,17H,15-16H2,1H3,(H,28,31)/t17-/m0/s1. The Kier molecular flexibility index (Phi) is 5.44. The van der Waals surface area contributed by atoms with E-state index in [2.05, 4.69) is 15.3 Å². The Hall–Kier alpha value is -4.26.